The maximum Gasteiger partial charge on any atom is 0.238 e. The summed E-state index contributed by atoms with van der Waals surface area (Å²) in [5.74, 6) is 1.49. The van der Waals surface area contributed by atoms with Crippen molar-refractivity contribution in [2.45, 2.75) is 38.6 Å². The van der Waals surface area contributed by atoms with E-state index in [0.29, 0.717) is 18.3 Å². The summed E-state index contributed by atoms with van der Waals surface area (Å²) >= 11 is 0. The van der Waals surface area contributed by atoms with Gasteiger partial charge in [0.25, 0.3) is 0 Å². The van der Waals surface area contributed by atoms with Crippen molar-refractivity contribution in [3.63, 3.8) is 0 Å². The number of anilines is 1. The van der Waals surface area contributed by atoms with Gasteiger partial charge in [-0.1, -0.05) is 19.0 Å². The van der Waals surface area contributed by atoms with Gasteiger partial charge >= 0.3 is 0 Å². The van der Waals surface area contributed by atoms with Crippen molar-refractivity contribution >= 4 is 11.6 Å². The van der Waals surface area contributed by atoms with E-state index in [1.807, 2.05) is 13.8 Å². The number of aromatic nitrogens is 3. The Morgan fingerprint density at radius 3 is 2.91 bits per heavy atom. The molecule has 0 spiro atoms. The lowest BCUT2D eigenvalue weighted by molar-refractivity contribution is -0.117. The second kappa shape index (κ2) is 6.87. The first-order valence-corrected chi connectivity index (χ1v) is 7.91. The second-order valence-electron chi connectivity index (χ2n) is 6.06. The van der Waals surface area contributed by atoms with Gasteiger partial charge in [0.15, 0.2) is 5.82 Å². The predicted octanol–water partition coefficient (Wildman–Crippen LogP) is 2.36. The number of amides is 1. The molecule has 122 valence electrons. The van der Waals surface area contributed by atoms with Gasteiger partial charge in [-0.2, -0.15) is 4.98 Å². The molecule has 1 unspecified atom stereocenters. The van der Waals surface area contributed by atoms with E-state index >= 15 is 0 Å². The highest BCUT2D eigenvalue weighted by Gasteiger charge is 2.31. The number of nitrogens with one attached hydrogen (secondary N) is 1. The molecule has 1 fully saturated rings. The van der Waals surface area contributed by atoms with Crippen LogP contribution < -0.4 is 5.32 Å². The van der Waals surface area contributed by atoms with Crippen LogP contribution in [0.2, 0.25) is 0 Å². The summed E-state index contributed by atoms with van der Waals surface area (Å²) in [7, 11) is 0. The summed E-state index contributed by atoms with van der Waals surface area (Å²) < 4.78 is 5.29. The summed E-state index contributed by atoms with van der Waals surface area (Å²) in [6.07, 6.45) is 5.28. The Kier molecular flexibility index (Phi) is 4.66. The molecule has 1 atom stereocenters. The van der Waals surface area contributed by atoms with Crippen LogP contribution in [0.4, 0.5) is 5.69 Å². The SMILES string of the molecule is CC(C)c1nc(C2CCCN2CC(=O)Nc2ccncc2)no1. The molecule has 2 aromatic heterocycles. The van der Waals surface area contributed by atoms with Gasteiger partial charge in [-0.25, -0.2) is 0 Å². The molecule has 1 amide bonds. The van der Waals surface area contributed by atoms with Crippen molar-refractivity contribution in [2.24, 2.45) is 0 Å². The highest BCUT2D eigenvalue weighted by atomic mass is 16.5. The number of nitrogens with zero attached hydrogens (tertiary/aromatic N) is 4. The molecule has 0 radical (unpaired) electrons. The van der Waals surface area contributed by atoms with E-state index in [1.54, 1.807) is 24.5 Å². The van der Waals surface area contributed by atoms with Gasteiger partial charge in [0, 0.05) is 24.0 Å². The molecule has 23 heavy (non-hydrogen) atoms. The number of hydrogen-bond donors (Lipinski definition) is 1. The molecule has 0 saturated carbocycles. The standard InChI is InChI=1S/C16H21N5O2/c1-11(2)16-19-15(20-23-16)13-4-3-9-21(13)10-14(22)18-12-5-7-17-8-6-12/h5-8,11,13H,3-4,9-10H2,1-2H3,(H,17,18,22). The fourth-order valence-corrected chi connectivity index (χ4v) is 2.75. The molecule has 3 rings (SSSR count). The zero-order valence-corrected chi connectivity index (χ0v) is 13.4. The highest BCUT2D eigenvalue weighted by molar-refractivity contribution is 5.92. The molecule has 1 N–H and O–H groups in total. The maximum atomic E-state index is 12.2. The van der Waals surface area contributed by atoms with Crippen LogP contribution in [0.25, 0.3) is 0 Å². The first-order chi connectivity index (χ1) is 11.1. The van der Waals surface area contributed by atoms with E-state index in [-0.39, 0.29) is 17.9 Å². The molecular formula is C16H21N5O2. The van der Waals surface area contributed by atoms with Crippen molar-refractivity contribution in [3.05, 3.63) is 36.2 Å². The van der Waals surface area contributed by atoms with E-state index < -0.39 is 0 Å². The summed E-state index contributed by atoms with van der Waals surface area (Å²) in [6, 6.07) is 3.59. The molecule has 1 aliphatic rings. The number of carbonyl (C=O) groups excluding carboxylic acids is 1. The Morgan fingerprint density at radius 2 is 2.22 bits per heavy atom. The molecule has 7 heteroatoms. The first kappa shape index (κ1) is 15.6. The van der Waals surface area contributed by atoms with Crippen LogP contribution in [-0.2, 0) is 4.79 Å². The van der Waals surface area contributed by atoms with Crippen molar-refractivity contribution in [2.75, 3.05) is 18.4 Å². The Balaban J connectivity index is 1.63. The van der Waals surface area contributed by atoms with Crippen LogP contribution in [-0.4, -0.2) is 39.0 Å². The minimum atomic E-state index is -0.0457. The normalized spacial score (nSPS) is 18.5. The van der Waals surface area contributed by atoms with Crippen molar-refractivity contribution in [3.8, 4) is 0 Å². The third kappa shape index (κ3) is 3.73. The average Bonchev–Trinajstić information content (AvgIpc) is 3.16. The number of rotatable bonds is 5. The van der Waals surface area contributed by atoms with E-state index in [2.05, 4.69) is 25.3 Å². The minimum absolute atomic E-state index is 0.0457. The largest absolute Gasteiger partial charge is 0.339 e. The van der Waals surface area contributed by atoms with Crippen LogP contribution in [0.5, 0.6) is 0 Å². The van der Waals surface area contributed by atoms with Gasteiger partial charge in [-0.15, -0.1) is 0 Å². The van der Waals surface area contributed by atoms with Crippen LogP contribution in [0.15, 0.2) is 29.0 Å². The smallest absolute Gasteiger partial charge is 0.238 e. The van der Waals surface area contributed by atoms with E-state index in [0.717, 1.165) is 25.1 Å². The lowest BCUT2D eigenvalue weighted by atomic mass is 10.2. The molecule has 1 aliphatic heterocycles. The highest BCUT2D eigenvalue weighted by Crippen LogP contribution is 2.30. The van der Waals surface area contributed by atoms with Gasteiger partial charge in [0.05, 0.1) is 12.6 Å². The Labute approximate surface area is 135 Å². The van der Waals surface area contributed by atoms with E-state index in [4.69, 9.17) is 4.52 Å². The lowest BCUT2D eigenvalue weighted by Gasteiger charge is -2.21. The second-order valence-corrected chi connectivity index (χ2v) is 6.06. The van der Waals surface area contributed by atoms with Crippen LogP contribution >= 0.6 is 0 Å². The molecule has 1 saturated heterocycles. The van der Waals surface area contributed by atoms with Gasteiger partial charge < -0.3 is 9.84 Å². The van der Waals surface area contributed by atoms with Crippen LogP contribution in [0.1, 0.15) is 50.4 Å². The van der Waals surface area contributed by atoms with Crippen LogP contribution in [0, 0.1) is 0 Å². The fourth-order valence-electron chi connectivity index (χ4n) is 2.75. The predicted molar refractivity (Wildman–Crippen MR) is 84.8 cm³/mol. The van der Waals surface area contributed by atoms with Crippen molar-refractivity contribution in [1.82, 2.24) is 20.0 Å². The quantitative estimate of drug-likeness (QED) is 0.912. The van der Waals surface area contributed by atoms with E-state index in [9.17, 15) is 4.79 Å². The van der Waals surface area contributed by atoms with Gasteiger partial charge in [-0.05, 0) is 31.5 Å². The van der Waals surface area contributed by atoms with Crippen molar-refractivity contribution < 1.29 is 9.32 Å². The fraction of sp³-hybridized carbons (Fsp3) is 0.500. The molecule has 3 heterocycles. The Morgan fingerprint density at radius 1 is 1.43 bits per heavy atom. The monoisotopic (exact) mass is 315 g/mol. The van der Waals surface area contributed by atoms with Gasteiger partial charge in [-0.3, -0.25) is 14.7 Å². The average molecular weight is 315 g/mol. The Hall–Kier alpha value is -2.28. The van der Waals surface area contributed by atoms with Gasteiger partial charge in [0.2, 0.25) is 11.8 Å². The first-order valence-electron chi connectivity index (χ1n) is 7.91. The van der Waals surface area contributed by atoms with Crippen LogP contribution in [0.3, 0.4) is 0 Å². The topological polar surface area (TPSA) is 84.2 Å². The molecule has 2 aromatic rings. The lowest BCUT2D eigenvalue weighted by Crippen LogP contribution is -2.33. The number of hydrogen-bond acceptors (Lipinski definition) is 6. The summed E-state index contributed by atoms with van der Waals surface area (Å²) in [4.78, 5) is 22.7. The zero-order chi connectivity index (χ0) is 16.2. The third-order valence-electron chi connectivity index (χ3n) is 3.92. The summed E-state index contributed by atoms with van der Waals surface area (Å²) in [5.41, 5.74) is 0.752. The third-order valence-corrected chi connectivity index (χ3v) is 3.92. The molecule has 0 aromatic carbocycles. The molecular weight excluding hydrogens is 294 g/mol. The maximum absolute atomic E-state index is 12.2. The number of likely N-dealkylation sites (tertiary alicyclic amines) is 1. The minimum Gasteiger partial charge on any atom is -0.339 e. The Bertz CT molecular complexity index is 656. The molecule has 0 aliphatic carbocycles. The zero-order valence-electron chi connectivity index (χ0n) is 13.4. The summed E-state index contributed by atoms with van der Waals surface area (Å²) in [5, 5.41) is 6.97. The molecule has 7 nitrogen and oxygen atoms in total. The number of pyridine rings is 1. The van der Waals surface area contributed by atoms with Crippen molar-refractivity contribution in [1.29, 1.82) is 0 Å². The van der Waals surface area contributed by atoms with Gasteiger partial charge in [0.1, 0.15) is 0 Å². The summed E-state index contributed by atoms with van der Waals surface area (Å²) in [6.45, 7) is 5.22. The number of carbonyl (C=O) groups is 1. The van der Waals surface area contributed by atoms with E-state index in [1.165, 1.54) is 0 Å². The molecule has 0 bridgehead atoms.